The first-order valence-corrected chi connectivity index (χ1v) is 7.50. The molecule has 1 aliphatic heterocycles. The Morgan fingerprint density at radius 1 is 1.26 bits per heavy atom. The van der Waals surface area contributed by atoms with Crippen molar-refractivity contribution in [3.8, 4) is 5.75 Å². The van der Waals surface area contributed by atoms with E-state index in [1.807, 2.05) is 0 Å². The number of ether oxygens (including phenoxy) is 1. The lowest BCUT2D eigenvalue weighted by Crippen LogP contribution is -2.54. The summed E-state index contributed by atoms with van der Waals surface area (Å²) >= 11 is 0. The molecule has 0 saturated heterocycles. The number of fused-ring (bicyclic) bond motifs is 1. The number of benzene rings is 1. The van der Waals surface area contributed by atoms with E-state index in [0.717, 1.165) is 24.0 Å². The van der Waals surface area contributed by atoms with E-state index in [1.165, 1.54) is 24.0 Å². The molecule has 1 saturated carbocycles. The molecule has 1 fully saturated rings. The van der Waals surface area contributed by atoms with Gasteiger partial charge in [0.25, 0.3) is 0 Å². The van der Waals surface area contributed by atoms with E-state index in [2.05, 4.69) is 51.3 Å². The van der Waals surface area contributed by atoms with Crippen LogP contribution in [0.25, 0.3) is 0 Å². The average Bonchev–Trinajstić information content (AvgIpc) is 2.34. The van der Waals surface area contributed by atoms with Gasteiger partial charge in [0.1, 0.15) is 11.4 Å². The summed E-state index contributed by atoms with van der Waals surface area (Å²) < 4.78 is 6.38. The minimum atomic E-state index is 0.102. The summed E-state index contributed by atoms with van der Waals surface area (Å²) in [6, 6.07) is 7.01. The molecule has 1 unspecified atom stereocenters. The highest BCUT2D eigenvalue weighted by atomic mass is 16.5. The first-order valence-electron chi connectivity index (χ1n) is 7.50. The van der Waals surface area contributed by atoms with E-state index in [0.29, 0.717) is 6.04 Å². The van der Waals surface area contributed by atoms with Crippen LogP contribution >= 0.6 is 0 Å². The molecule has 2 heteroatoms. The van der Waals surface area contributed by atoms with Crippen molar-refractivity contribution in [1.82, 2.24) is 5.32 Å². The SMILES string of the molecule is CNC1CC2(CC(C(C)C)C2)Oc2ccc(C)cc21. The molecular weight excluding hydrogens is 234 g/mol. The van der Waals surface area contributed by atoms with Gasteiger partial charge in [0.2, 0.25) is 0 Å². The summed E-state index contributed by atoms with van der Waals surface area (Å²) in [5.41, 5.74) is 2.75. The lowest BCUT2D eigenvalue weighted by molar-refractivity contribution is -0.0868. The molecule has 1 aromatic rings. The Labute approximate surface area is 116 Å². The molecule has 1 heterocycles. The Morgan fingerprint density at radius 2 is 2.00 bits per heavy atom. The van der Waals surface area contributed by atoms with Gasteiger partial charge < -0.3 is 10.1 Å². The van der Waals surface area contributed by atoms with Crippen molar-refractivity contribution in [2.75, 3.05) is 7.05 Å². The third kappa shape index (κ3) is 2.16. The van der Waals surface area contributed by atoms with Crippen molar-refractivity contribution >= 4 is 0 Å². The van der Waals surface area contributed by atoms with Crippen molar-refractivity contribution in [2.45, 2.75) is 51.7 Å². The van der Waals surface area contributed by atoms with Gasteiger partial charge in [-0.1, -0.05) is 31.5 Å². The predicted octanol–water partition coefficient (Wildman–Crippen LogP) is 3.84. The van der Waals surface area contributed by atoms with E-state index in [9.17, 15) is 0 Å². The molecule has 3 rings (SSSR count). The number of nitrogens with one attached hydrogen (secondary N) is 1. The topological polar surface area (TPSA) is 21.3 Å². The summed E-state index contributed by atoms with van der Waals surface area (Å²) in [6.45, 7) is 6.80. The van der Waals surface area contributed by atoms with Crippen LogP contribution < -0.4 is 10.1 Å². The fraction of sp³-hybridized carbons (Fsp3) is 0.647. The summed E-state index contributed by atoms with van der Waals surface area (Å²) in [5, 5.41) is 3.47. The second-order valence-electron chi connectivity index (χ2n) is 6.78. The fourth-order valence-electron chi connectivity index (χ4n) is 3.66. The third-order valence-corrected chi connectivity index (χ3v) is 5.00. The monoisotopic (exact) mass is 259 g/mol. The summed E-state index contributed by atoms with van der Waals surface area (Å²) in [6.07, 6.45) is 3.55. The van der Waals surface area contributed by atoms with Crippen LogP contribution in [0, 0.1) is 18.8 Å². The molecule has 2 nitrogen and oxygen atoms in total. The zero-order valence-electron chi connectivity index (χ0n) is 12.5. The van der Waals surface area contributed by atoms with Gasteiger partial charge in [-0.3, -0.25) is 0 Å². The second kappa shape index (κ2) is 4.52. The van der Waals surface area contributed by atoms with Gasteiger partial charge in [-0.15, -0.1) is 0 Å². The van der Waals surface area contributed by atoms with Crippen molar-refractivity contribution in [1.29, 1.82) is 0 Å². The summed E-state index contributed by atoms with van der Waals surface area (Å²) in [4.78, 5) is 0. The Balaban J connectivity index is 1.85. The van der Waals surface area contributed by atoms with Gasteiger partial charge in [0, 0.05) is 18.0 Å². The summed E-state index contributed by atoms with van der Waals surface area (Å²) in [7, 11) is 2.06. The summed E-state index contributed by atoms with van der Waals surface area (Å²) in [5.74, 6) is 2.71. The molecule has 1 spiro atoms. The maximum atomic E-state index is 6.38. The van der Waals surface area contributed by atoms with Crippen molar-refractivity contribution in [3.63, 3.8) is 0 Å². The predicted molar refractivity (Wildman–Crippen MR) is 78.5 cm³/mol. The smallest absolute Gasteiger partial charge is 0.124 e. The zero-order chi connectivity index (χ0) is 13.6. The Bertz CT molecular complexity index is 474. The minimum absolute atomic E-state index is 0.102. The zero-order valence-corrected chi connectivity index (χ0v) is 12.5. The van der Waals surface area contributed by atoms with Crippen LogP contribution in [0.4, 0.5) is 0 Å². The van der Waals surface area contributed by atoms with Gasteiger partial charge in [-0.05, 0) is 44.7 Å². The van der Waals surface area contributed by atoms with Gasteiger partial charge in [0.05, 0.1) is 0 Å². The molecule has 1 aliphatic carbocycles. The maximum absolute atomic E-state index is 6.38. The van der Waals surface area contributed by atoms with Crippen LogP contribution in [0.5, 0.6) is 5.75 Å². The molecule has 104 valence electrons. The van der Waals surface area contributed by atoms with Crippen molar-refractivity contribution in [2.24, 2.45) is 11.8 Å². The first kappa shape index (κ1) is 13.0. The lowest BCUT2D eigenvalue weighted by Gasteiger charge is -2.53. The van der Waals surface area contributed by atoms with Crippen molar-refractivity contribution < 1.29 is 4.74 Å². The molecule has 0 bridgehead atoms. The highest BCUT2D eigenvalue weighted by Crippen LogP contribution is 2.53. The molecule has 0 radical (unpaired) electrons. The molecule has 0 amide bonds. The number of hydrogen-bond donors (Lipinski definition) is 1. The van der Waals surface area contributed by atoms with Gasteiger partial charge in [-0.25, -0.2) is 0 Å². The molecule has 0 aromatic heterocycles. The Morgan fingerprint density at radius 3 is 2.63 bits per heavy atom. The molecular formula is C17H25NO. The van der Waals surface area contributed by atoms with Gasteiger partial charge in [-0.2, -0.15) is 0 Å². The van der Waals surface area contributed by atoms with Crippen LogP contribution in [0.1, 0.15) is 50.3 Å². The standard InChI is InChI=1S/C17H25NO/c1-11(2)13-8-17(9-13)10-15(18-4)14-7-12(3)5-6-16(14)19-17/h5-7,11,13,15,18H,8-10H2,1-4H3. The molecule has 19 heavy (non-hydrogen) atoms. The maximum Gasteiger partial charge on any atom is 0.124 e. The normalized spacial score (nSPS) is 32.9. The van der Waals surface area contributed by atoms with E-state index in [4.69, 9.17) is 4.74 Å². The van der Waals surface area contributed by atoms with Crippen LogP contribution in [0.3, 0.4) is 0 Å². The van der Waals surface area contributed by atoms with Crippen LogP contribution in [0.2, 0.25) is 0 Å². The first-order chi connectivity index (χ1) is 9.03. The molecule has 2 aliphatic rings. The Hall–Kier alpha value is -1.02. The quantitative estimate of drug-likeness (QED) is 0.871. The fourth-order valence-corrected chi connectivity index (χ4v) is 3.66. The van der Waals surface area contributed by atoms with E-state index in [-0.39, 0.29) is 5.60 Å². The molecule has 1 aromatic carbocycles. The Kier molecular flexibility index (Phi) is 3.09. The number of hydrogen-bond acceptors (Lipinski definition) is 2. The van der Waals surface area contributed by atoms with Gasteiger partial charge in [0.15, 0.2) is 0 Å². The second-order valence-corrected chi connectivity index (χ2v) is 6.78. The van der Waals surface area contributed by atoms with E-state index >= 15 is 0 Å². The number of rotatable bonds is 2. The van der Waals surface area contributed by atoms with Crippen LogP contribution in [0.15, 0.2) is 18.2 Å². The lowest BCUT2D eigenvalue weighted by atomic mass is 9.62. The van der Waals surface area contributed by atoms with Crippen molar-refractivity contribution in [3.05, 3.63) is 29.3 Å². The van der Waals surface area contributed by atoms with Crippen LogP contribution in [-0.4, -0.2) is 12.6 Å². The number of aryl methyl sites for hydroxylation is 1. The molecule has 1 N–H and O–H groups in total. The van der Waals surface area contributed by atoms with E-state index in [1.54, 1.807) is 0 Å². The van der Waals surface area contributed by atoms with E-state index < -0.39 is 0 Å². The minimum Gasteiger partial charge on any atom is -0.487 e. The highest BCUT2D eigenvalue weighted by Gasteiger charge is 2.51. The largest absolute Gasteiger partial charge is 0.487 e. The molecule has 1 atom stereocenters. The highest BCUT2D eigenvalue weighted by molar-refractivity contribution is 5.42. The third-order valence-electron chi connectivity index (χ3n) is 5.00. The van der Waals surface area contributed by atoms with Gasteiger partial charge >= 0.3 is 0 Å². The van der Waals surface area contributed by atoms with Crippen LogP contribution in [-0.2, 0) is 0 Å². The average molecular weight is 259 g/mol.